The summed E-state index contributed by atoms with van der Waals surface area (Å²) in [5.41, 5.74) is 0. The summed E-state index contributed by atoms with van der Waals surface area (Å²) >= 11 is 0. The lowest BCUT2D eigenvalue weighted by atomic mass is 9.86. The first-order chi connectivity index (χ1) is 9.54. The van der Waals surface area contributed by atoms with E-state index in [1.807, 2.05) is 0 Å². The van der Waals surface area contributed by atoms with Crippen molar-refractivity contribution in [3.8, 4) is 0 Å². The van der Waals surface area contributed by atoms with E-state index in [4.69, 9.17) is 5.11 Å². The minimum absolute atomic E-state index is 0.00269. The highest BCUT2D eigenvalue weighted by atomic mass is 16.4. The molecular weight excluding hydrogens is 262 g/mol. The fourth-order valence-corrected chi connectivity index (χ4v) is 2.39. The molecule has 0 aromatic rings. The summed E-state index contributed by atoms with van der Waals surface area (Å²) in [4.78, 5) is 33.8. The third-order valence-corrected chi connectivity index (χ3v) is 3.76. The van der Waals surface area contributed by atoms with Gasteiger partial charge in [0.15, 0.2) is 0 Å². The maximum atomic E-state index is 11.6. The zero-order chi connectivity index (χ0) is 14.5. The molecule has 0 aromatic carbocycles. The van der Waals surface area contributed by atoms with Crippen LogP contribution in [-0.4, -0.2) is 41.6 Å². The SMILES string of the molecule is O=C(CNC(=O)NC1CCC(C(=O)O)CC1)NC1CC1. The molecule has 4 N–H and O–H groups in total. The van der Waals surface area contributed by atoms with Gasteiger partial charge in [-0.2, -0.15) is 0 Å². The van der Waals surface area contributed by atoms with Gasteiger partial charge in [-0.3, -0.25) is 9.59 Å². The number of carbonyl (C=O) groups is 3. The quantitative estimate of drug-likeness (QED) is 0.578. The van der Waals surface area contributed by atoms with Crippen molar-refractivity contribution in [2.75, 3.05) is 6.54 Å². The zero-order valence-electron chi connectivity index (χ0n) is 11.4. The average Bonchev–Trinajstić information content (AvgIpc) is 3.21. The molecule has 0 radical (unpaired) electrons. The fraction of sp³-hybridized carbons (Fsp3) is 0.769. The van der Waals surface area contributed by atoms with Gasteiger partial charge >= 0.3 is 12.0 Å². The Balaban J connectivity index is 1.59. The van der Waals surface area contributed by atoms with Gasteiger partial charge in [0.2, 0.25) is 5.91 Å². The Hall–Kier alpha value is -1.79. The van der Waals surface area contributed by atoms with Crippen molar-refractivity contribution in [3.63, 3.8) is 0 Å². The molecule has 0 spiro atoms. The van der Waals surface area contributed by atoms with Gasteiger partial charge in [0, 0.05) is 12.1 Å². The molecule has 0 heterocycles. The van der Waals surface area contributed by atoms with Gasteiger partial charge in [0.1, 0.15) is 0 Å². The molecule has 0 aromatic heterocycles. The van der Waals surface area contributed by atoms with E-state index < -0.39 is 5.97 Å². The topological polar surface area (TPSA) is 108 Å². The fourth-order valence-electron chi connectivity index (χ4n) is 2.39. The van der Waals surface area contributed by atoms with E-state index in [1.54, 1.807) is 0 Å². The number of carboxylic acid groups (broad SMARTS) is 1. The summed E-state index contributed by atoms with van der Waals surface area (Å²) in [6.45, 7) is -0.0210. The van der Waals surface area contributed by atoms with Crippen LogP contribution in [0.1, 0.15) is 38.5 Å². The summed E-state index contributed by atoms with van der Waals surface area (Å²) in [7, 11) is 0. The Labute approximate surface area is 117 Å². The van der Waals surface area contributed by atoms with Crippen LogP contribution in [0.5, 0.6) is 0 Å². The molecule has 0 aliphatic heterocycles. The minimum Gasteiger partial charge on any atom is -0.481 e. The second-order valence-corrected chi connectivity index (χ2v) is 5.56. The smallest absolute Gasteiger partial charge is 0.315 e. The highest BCUT2D eigenvalue weighted by Crippen LogP contribution is 2.24. The average molecular weight is 283 g/mol. The highest BCUT2D eigenvalue weighted by molar-refractivity contribution is 5.84. The molecule has 0 bridgehead atoms. The van der Waals surface area contributed by atoms with Crippen molar-refractivity contribution < 1.29 is 19.5 Å². The molecular formula is C13H21N3O4. The van der Waals surface area contributed by atoms with Gasteiger partial charge in [-0.05, 0) is 38.5 Å². The highest BCUT2D eigenvalue weighted by Gasteiger charge is 2.27. The second kappa shape index (κ2) is 6.58. The van der Waals surface area contributed by atoms with Gasteiger partial charge in [-0.25, -0.2) is 4.79 Å². The van der Waals surface area contributed by atoms with Gasteiger partial charge in [-0.1, -0.05) is 0 Å². The van der Waals surface area contributed by atoms with E-state index in [0.29, 0.717) is 31.7 Å². The molecule has 112 valence electrons. The molecule has 2 saturated carbocycles. The van der Waals surface area contributed by atoms with Crippen molar-refractivity contribution in [2.24, 2.45) is 5.92 Å². The van der Waals surface area contributed by atoms with Gasteiger partial charge in [-0.15, -0.1) is 0 Å². The monoisotopic (exact) mass is 283 g/mol. The summed E-state index contributed by atoms with van der Waals surface area (Å²) in [5, 5.41) is 17.0. The van der Waals surface area contributed by atoms with E-state index in [1.165, 1.54) is 0 Å². The molecule has 0 saturated heterocycles. The first-order valence-electron chi connectivity index (χ1n) is 7.11. The molecule has 20 heavy (non-hydrogen) atoms. The third-order valence-electron chi connectivity index (χ3n) is 3.76. The maximum Gasteiger partial charge on any atom is 0.315 e. The normalized spacial score (nSPS) is 25.6. The number of aliphatic carboxylic acids is 1. The predicted molar refractivity (Wildman–Crippen MR) is 71.1 cm³/mol. The first-order valence-corrected chi connectivity index (χ1v) is 7.11. The lowest BCUT2D eigenvalue weighted by Gasteiger charge is -2.26. The number of hydrogen-bond acceptors (Lipinski definition) is 3. The second-order valence-electron chi connectivity index (χ2n) is 5.56. The molecule has 7 heteroatoms. The Morgan fingerprint density at radius 1 is 0.900 bits per heavy atom. The third kappa shape index (κ3) is 4.71. The number of carboxylic acids is 1. The van der Waals surface area contributed by atoms with Crippen molar-refractivity contribution in [1.29, 1.82) is 0 Å². The molecule has 3 amide bonds. The molecule has 0 atom stereocenters. The van der Waals surface area contributed by atoms with Crippen molar-refractivity contribution in [3.05, 3.63) is 0 Å². The van der Waals surface area contributed by atoms with Crippen LogP contribution in [-0.2, 0) is 9.59 Å². The van der Waals surface area contributed by atoms with E-state index >= 15 is 0 Å². The van der Waals surface area contributed by atoms with E-state index in [9.17, 15) is 14.4 Å². The van der Waals surface area contributed by atoms with Crippen LogP contribution in [0.15, 0.2) is 0 Å². The zero-order valence-corrected chi connectivity index (χ0v) is 11.4. The van der Waals surface area contributed by atoms with Crippen molar-refractivity contribution in [1.82, 2.24) is 16.0 Å². The molecule has 2 fully saturated rings. The van der Waals surface area contributed by atoms with Crippen LogP contribution >= 0.6 is 0 Å². The van der Waals surface area contributed by atoms with Crippen LogP contribution < -0.4 is 16.0 Å². The Morgan fingerprint density at radius 3 is 2.00 bits per heavy atom. The first kappa shape index (κ1) is 14.6. The number of carbonyl (C=O) groups excluding carboxylic acids is 2. The molecule has 2 aliphatic rings. The van der Waals surface area contributed by atoms with Crippen LogP contribution in [0.4, 0.5) is 4.79 Å². The standard InChI is InChI=1S/C13H21N3O4/c17-11(15-9-5-6-9)7-14-13(20)16-10-3-1-8(2-4-10)12(18)19/h8-10H,1-7H2,(H,15,17)(H,18,19)(H2,14,16,20). The molecule has 2 rings (SSSR count). The summed E-state index contributed by atoms with van der Waals surface area (Å²) in [6, 6.07) is -0.0783. The van der Waals surface area contributed by atoms with E-state index in [2.05, 4.69) is 16.0 Å². The summed E-state index contributed by atoms with van der Waals surface area (Å²) in [5.74, 6) is -1.22. The van der Waals surface area contributed by atoms with Crippen molar-refractivity contribution in [2.45, 2.75) is 50.6 Å². The van der Waals surface area contributed by atoms with Gasteiger partial charge < -0.3 is 21.1 Å². The maximum absolute atomic E-state index is 11.6. The van der Waals surface area contributed by atoms with Gasteiger partial charge in [0.05, 0.1) is 12.5 Å². The molecule has 7 nitrogen and oxygen atoms in total. The number of amides is 3. The Morgan fingerprint density at radius 2 is 1.45 bits per heavy atom. The molecule has 2 aliphatic carbocycles. The lowest BCUT2D eigenvalue weighted by molar-refractivity contribution is -0.142. The number of nitrogens with one attached hydrogen (secondary N) is 3. The lowest BCUT2D eigenvalue weighted by Crippen LogP contribution is -2.47. The van der Waals surface area contributed by atoms with E-state index in [0.717, 1.165) is 12.8 Å². The van der Waals surface area contributed by atoms with E-state index in [-0.39, 0.29) is 30.4 Å². The van der Waals surface area contributed by atoms with Crippen LogP contribution in [0.25, 0.3) is 0 Å². The predicted octanol–water partition coefficient (Wildman–Crippen LogP) is 0.208. The number of urea groups is 1. The van der Waals surface area contributed by atoms with Crippen LogP contribution in [0, 0.1) is 5.92 Å². The minimum atomic E-state index is -0.760. The Kier molecular flexibility index (Phi) is 4.81. The number of rotatable bonds is 5. The Bertz CT molecular complexity index is 387. The van der Waals surface area contributed by atoms with Crippen molar-refractivity contribution >= 4 is 17.9 Å². The summed E-state index contributed by atoms with van der Waals surface area (Å²) in [6.07, 6.45) is 4.54. The summed E-state index contributed by atoms with van der Waals surface area (Å²) < 4.78 is 0. The molecule has 0 unspecified atom stereocenters. The largest absolute Gasteiger partial charge is 0.481 e. The van der Waals surface area contributed by atoms with Crippen LogP contribution in [0.2, 0.25) is 0 Å². The number of hydrogen-bond donors (Lipinski definition) is 4. The van der Waals surface area contributed by atoms with Gasteiger partial charge in [0.25, 0.3) is 0 Å². The van der Waals surface area contributed by atoms with Crippen LogP contribution in [0.3, 0.4) is 0 Å².